The maximum atomic E-state index is 13.1. The predicted octanol–water partition coefficient (Wildman–Crippen LogP) is 4.62. The van der Waals surface area contributed by atoms with Crippen molar-refractivity contribution < 1.29 is 4.39 Å². The largest absolute Gasteiger partial charge is 0.399 e. The molecule has 0 saturated heterocycles. The zero-order valence-electron chi connectivity index (χ0n) is 10.9. The van der Waals surface area contributed by atoms with Crippen molar-refractivity contribution in [3.63, 3.8) is 0 Å². The number of hydrogen-bond acceptors (Lipinski definition) is 4. The summed E-state index contributed by atoms with van der Waals surface area (Å²) in [6, 6.07) is 10.6. The highest BCUT2D eigenvalue weighted by molar-refractivity contribution is 8.00. The van der Waals surface area contributed by atoms with E-state index in [1.165, 1.54) is 6.07 Å². The number of nitrogens with zero attached hydrogens (tertiary/aromatic N) is 1. The van der Waals surface area contributed by atoms with Crippen LogP contribution in [-0.2, 0) is 5.75 Å². The maximum Gasteiger partial charge on any atom is 0.151 e. The standard InChI is InChI=1S/C15H13FN2S2/c1-9-6-11(16)3-2-10(9)8-19-15-18-13-5-4-12(17)7-14(13)20-15/h2-7H,8,17H2,1H3. The molecule has 2 N–H and O–H groups in total. The van der Waals surface area contributed by atoms with Gasteiger partial charge in [-0.1, -0.05) is 17.8 Å². The summed E-state index contributed by atoms with van der Waals surface area (Å²) >= 11 is 3.31. The van der Waals surface area contributed by atoms with Crippen molar-refractivity contribution in [3.8, 4) is 0 Å². The fraction of sp³-hybridized carbons (Fsp3) is 0.133. The Labute approximate surface area is 124 Å². The van der Waals surface area contributed by atoms with Gasteiger partial charge in [-0.2, -0.15) is 0 Å². The molecular weight excluding hydrogens is 291 g/mol. The van der Waals surface area contributed by atoms with Crippen LogP contribution >= 0.6 is 23.1 Å². The smallest absolute Gasteiger partial charge is 0.151 e. The van der Waals surface area contributed by atoms with Gasteiger partial charge in [0, 0.05) is 11.4 Å². The SMILES string of the molecule is Cc1cc(F)ccc1CSc1nc2ccc(N)cc2s1. The predicted molar refractivity (Wildman–Crippen MR) is 84.7 cm³/mol. The first kappa shape index (κ1) is 13.4. The second-order valence-electron chi connectivity index (χ2n) is 4.57. The van der Waals surface area contributed by atoms with Crippen molar-refractivity contribution in [3.05, 3.63) is 53.3 Å². The van der Waals surface area contributed by atoms with E-state index in [9.17, 15) is 4.39 Å². The average Bonchev–Trinajstić information content (AvgIpc) is 2.79. The molecule has 0 amide bonds. The second-order valence-corrected chi connectivity index (χ2v) is 6.82. The Balaban J connectivity index is 1.79. The van der Waals surface area contributed by atoms with Crippen LogP contribution in [0.25, 0.3) is 10.2 Å². The van der Waals surface area contributed by atoms with Crippen molar-refractivity contribution in [1.82, 2.24) is 4.98 Å². The van der Waals surface area contributed by atoms with Crippen molar-refractivity contribution in [2.45, 2.75) is 17.0 Å². The molecule has 1 heterocycles. The molecule has 3 rings (SSSR count). The van der Waals surface area contributed by atoms with E-state index in [-0.39, 0.29) is 5.82 Å². The first-order valence-corrected chi connectivity index (χ1v) is 7.96. The third-order valence-electron chi connectivity index (χ3n) is 3.05. The number of halogens is 1. The molecule has 0 radical (unpaired) electrons. The summed E-state index contributed by atoms with van der Waals surface area (Å²) in [6.07, 6.45) is 0. The highest BCUT2D eigenvalue weighted by atomic mass is 32.2. The van der Waals surface area contributed by atoms with Crippen molar-refractivity contribution in [2.75, 3.05) is 5.73 Å². The van der Waals surface area contributed by atoms with E-state index in [2.05, 4.69) is 4.98 Å². The summed E-state index contributed by atoms with van der Waals surface area (Å²) < 4.78 is 15.2. The van der Waals surface area contributed by atoms with Crippen molar-refractivity contribution >= 4 is 39.0 Å². The number of aryl methyl sites for hydroxylation is 1. The summed E-state index contributed by atoms with van der Waals surface area (Å²) in [7, 11) is 0. The molecule has 0 bridgehead atoms. The van der Waals surface area contributed by atoms with E-state index >= 15 is 0 Å². The summed E-state index contributed by atoms with van der Waals surface area (Å²) in [6.45, 7) is 1.93. The van der Waals surface area contributed by atoms with E-state index in [0.29, 0.717) is 0 Å². The Kier molecular flexibility index (Phi) is 3.63. The number of aromatic nitrogens is 1. The fourth-order valence-electron chi connectivity index (χ4n) is 1.94. The summed E-state index contributed by atoms with van der Waals surface area (Å²) in [4.78, 5) is 4.57. The molecule has 3 aromatic rings. The van der Waals surface area contributed by atoms with Gasteiger partial charge in [0.05, 0.1) is 10.2 Å². The van der Waals surface area contributed by atoms with Crippen LogP contribution in [0.1, 0.15) is 11.1 Å². The zero-order valence-corrected chi connectivity index (χ0v) is 12.5. The lowest BCUT2D eigenvalue weighted by Crippen LogP contribution is -1.87. The number of thioether (sulfide) groups is 1. The molecule has 0 unspecified atom stereocenters. The molecule has 0 spiro atoms. The Morgan fingerprint density at radius 3 is 2.90 bits per heavy atom. The van der Waals surface area contributed by atoms with E-state index < -0.39 is 0 Å². The van der Waals surface area contributed by atoms with Gasteiger partial charge in [0.1, 0.15) is 5.82 Å². The summed E-state index contributed by atoms with van der Waals surface area (Å²) in [5.41, 5.74) is 9.61. The van der Waals surface area contributed by atoms with Gasteiger partial charge in [0.2, 0.25) is 0 Å². The van der Waals surface area contributed by atoms with Crippen LogP contribution in [0.2, 0.25) is 0 Å². The van der Waals surface area contributed by atoms with Gasteiger partial charge in [-0.05, 0) is 48.4 Å². The van der Waals surface area contributed by atoms with Gasteiger partial charge in [-0.3, -0.25) is 0 Å². The van der Waals surface area contributed by atoms with Crippen LogP contribution in [0.15, 0.2) is 40.7 Å². The summed E-state index contributed by atoms with van der Waals surface area (Å²) in [5.74, 6) is 0.605. The van der Waals surface area contributed by atoms with E-state index in [0.717, 1.165) is 37.1 Å². The molecule has 0 aliphatic carbocycles. The highest BCUT2D eigenvalue weighted by Gasteiger charge is 2.06. The number of hydrogen-bond donors (Lipinski definition) is 1. The first-order valence-electron chi connectivity index (χ1n) is 6.16. The lowest BCUT2D eigenvalue weighted by molar-refractivity contribution is 0.626. The van der Waals surface area contributed by atoms with Crippen LogP contribution in [0, 0.1) is 12.7 Å². The molecule has 2 aromatic carbocycles. The molecule has 1 aromatic heterocycles. The number of nitrogens with two attached hydrogens (primary N) is 1. The number of thiazole rings is 1. The molecular formula is C15H13FN2S2. The van der Waals surface area contributed by atoms with Crippen LogP contribution < -0.4 is 5.73 Å². The van der Waals surface area contributed by atoms with Crippen LogP contribution in [0.3, 0.4) is 0 Å². The van der Waals surface area contributed by atoms with E-state index in [4.69, 9.17) is 5.73 Å². The minimum Gasteiger partial charge on any atom is -0.399 e. The van der Waals surface area contributed by atoms with E-state index in [1.807, 2.05) is 31.2 Å². The van der Waals surface area contributed by atoms with Crippen LogP contribution in [-0.4, -0.2) is 4.98 Å². The lowest BCUT2D eigenvalue weighted by atomic mass is 10.1. The zero-order chi connectivity index (χ0) is 14.1. The molecule has 2 nitrogen and oxygen atoms in total. The fourth-order valence-corrected chi connectivity index (χ4v) is 4.14. The van der Waals surface area contributed by atoms with Gasteiger partial charge < -0.3 is 5.73 Å². The third-order valence-corrected chi connectivity index (χ3v) is 5.26. The quantitative estimate of drug-likeness (QED) is 0.567. The van der Waals surface area contributed by atoms with Gasteiger partial charge in [0.25, 0.3) is 0 Å². The van der Waals surface area contributed by atoms with Gasteiger partial charge in [-0.15, -0.1) is 11.3 Å². The second kappa shape index (κ2) is 5.42. The Morgan fingerprint density at radius 1 is 1.25 bits per heavy atom. The number of anilines is 1. The minimum atomic E-state index is -0.188. The van der Waals surface area contributed by atoms with Crippen LogP contribution in [0.4, 0.5) is 10.1 Å². The molecule has 0 aliphatic heterocycles. The third kappa shape index (κ3) is 2.78. The monoisotopic (exact) mass is 304 g/mol. The van der Waals surface area contributed by atoms with Gasteiger partial charge in [-0.25, -0.2) is 9.37 Å². The van der Waals surface area contributed by atoms with Crippen molar-refractivity contribution in [1.29, 1.82) is 0 Å². The Bertz CT molecular complexity index is 768. The van der Waals surface area contributed by atoms with Crippen LogP contribution in [0.5, 0.6) is 0 Å². The Morgan fingerprint density at radius 2 is 2.10 bits per heavy atom. The summed E-state index contributed by atoms with van der Waals surface area (Å²) in [5, 5.41) is 0. The molecule has 0 saturated carbocycles. The topological polar surface area (TPSA) is 38.9 Å². The lowest BCUT2D eigenvalue weighted by Gasteiger charge is -2.03. The number of fused-ring (bicyclic) bond motifs is 1. The molecule has 0 fully saturated rings. The average molecular weight is 304 g/mol. The molecule has 102 valence electrons. The molecule has 0 aliphatic rings. The normalized spacial score (nSPS) is 11.1. The van der Waals surface area contributed by atoms with Gasteiger partial charge in [0.15, 0.2) is 4.34 Å². The number of benzene rings is 2. The molecule has 5 heteroatoms. The number of rotatable bonds is 3. The van der Waals surface area contributed by atoms with E-state index in [1.54, 1.807) is 29.2 Å². The number of nitrogen functional groups attached to an aromatic ring is 1. The molecule has 20 heavy (non-hydrogen) atoms. The molecule has 0 atom stereocenters. The highest BCUT2D eigenvalue weighted by Crippen LogP contribution is 2.32. The van der Waals surface area contributed by atoms with Crippen molar-refractivity contribution in [2.24, 2.45) is 0 Å². The van der Waals surface area contributed by atoms with Gasteiger partial charge >= 0.3 is 0 Å². The maximum absolute atomic E-state index is 13.1. The Hall–Kier alpha value is -1.59. The minimum absolute atomic E-state index is 0.188. The first-order chi connectivity index (χ1) is 9.61.